The average Bonchev–Trinajstić information content (AvgIpc) is 3.27. The lowest BCUT2D eigenvalue weighted by Crippen LogP contribution is -2.41. The molecule has 0 aliphatic carbocycles. The van der Waals surface area contributed by atoms with Crippen molar-refractivity contribution in [3.63, 3.8) is 0 Å². The molecule has 3 aliphatic rings. The quantitative estimate of drug-likeness (QED) is 0.782. The standard InChI is InChI=1S/C23H23FN2O3/c24-16-5-7-20-19(10-16)21(23(28)25-20)22-18-6-4-14(9-15(18)13-29-22)11-26-8-2-1-3-17(26)12-27/h4-7,9-10,17,27H,1-3,8,11-13H2,(H,25,28). The molecular formula is C23H23FN2O3. The van der Waals surface area contributed by atoms with Gasteiger partial charge in [0.1, 0.15) is 18.2 Å². The molecule has 1 atom stereocenters. The Morgan fingerprint density at radius 1 is 1.17 bits per heavy atom. The summed E-state index contributed by atoms with van der Waals surface area (Å²) in [5, 5.41) is 12.4. The molecule has 2 aromatic carbocycles. The van der Waals surface area contributed by atoms with Crippen LogP contribution in [0, 0.1) is 5.82 Å². The number of hydrogen-bond acceptors (Lipinski definition) is 4. The Hall–Kier alpha value is -2.70. The number of aliphatic hydroxyl groups excluding tert-OH is 1. The maximum atomic E-state index is 13.8. The molecule has 0 spiro atoms. The number of ether oxygens (including phenoxy) is 1. The molecule has 5 nitrogen and oxygen atoms in total. The summed E-state index contributed by atoms with van der Waals surface area (Å²) in [4.78, 5) is 14.9. The van der Waals surface area contributed by atoms with Gasteiger partial charge in [0.15, 0.2) is 0 Å². The van der Waals surface area contributed by atoms with Crippen molar-refractivity contribution >= 4 is 22.9 Å². The number of aliphatic hydroxyl groups is 1. The van der Waals surface area contributed by atoms with Gasteiger partial charge in [-0.15, -0.1) is 0 Å². The van der Waals surface area contributed by atoms with Crippen molar-refractivity contribution in [1.82, 2.24) is 4.90 Å². The van der Waals surface area contributed by atoms with E-state index in [-0.39, 0.29) is 24.4 Å². The predicted molar refractivity (Wildman–Crippen MR) is 108 cm³/mol. The van der Waals surface area contributed by atoms with Crippen molar-refractivity contribution in [2.45, 2.75) is 38.5 Å². The fourth-order valence-corrected chi connectivity index (χ4v) is 4.60. The number of hydrogen-bond donors (Lipinski definition) is 2. The van der Waals surface area contributed by atoms with Crippen LogP contribution in [0.3, 0.4) is 0 Å². The fourth-order valence-electron chi connectivity index (χ4n) is 4.60. The zero-order chi connectivity index (χ0) is 20.0. The van der Waals surface area contributed by atoms with Crippen LogP contribution in [0.15, 0.2) is 36.4 Å². The second-order valence-electron chi connectivity index (χ2n) is 7.93. The molecule has 1 saturated heterocycles. The number of halogens is 1. The first-order valence-corrected chi connectivity index (χ1v) is 10.1. The zero-order valence-electron chi connectivity index (χ0n) is 16.1. The van der Waals surface area contributed by atoms with Gasteiger partial charge in [0.2, 0.25) is 0 Å². The highest BCUT2D eigenvalue weighted by atomic mass is 19.1. The highest BCUT2D eigenvalue weighted by molar-refractivity contribution is 6.36. The normalized spacial score (nSPS) is 23.5. The largest absolute Gasteiger partial charge is 0.487 e. The van der Waals surface area contributed by atoms with Crippen LogP contribution in [0.1, 0.15) is 41.5 Å². The number of fused-ring (bicyclic) bond motifs is 2. The summed E-state index contributed by atoms with van der Waals surface area (Å²) in [5.74, 6) is -0.136. The Kier molecular flexibility index (Phi) is 4.60. The smallest absolute Gasteiger partial charge is 0.260 e. The van der Waals surface area contributed by atoms with Gasteiger partial charge in [-0.1, -0.05) is 24.6 Å². The van der Waals surface area contributed by atoms with Crippen molar-refractivity contribution < 1.29 is 19.0 Å². The number of rotatable bonds is 3. The maximum Gasteiger partial charge on any atom is 0.260 e. The van der Waals surface area contributed by atoms with Gasteiger partial charge in [0.05, 0.1) is 12.2 Å². The number of anilines is 1. The Bertz CT molecular complexity index is 1020. The molecule has 0 bridgehead atoms. The monoisotopic (exact) mass is 394 g/mol. The number of amides is 1. The molecule has 3 heterocycles. The molecule has 2 aromatic rings. The number of piperidine rings is 1. The molecule has 5 rings (SSSR count). The van der Waals surface area contributed by atoms with E-state index in [0.29, 0.717) is 29.2 Å². The number of carbonyl (C=O) groups excluding carboxylic acids is 1. The van der Waals surface area contributed by atoms with E-state index in [4.69, 9.17) is 4.74 Å². The zero-order valence-corrected chi connectivity index (χ0v) is 16.1. The van der Waals surface area contributed by atoms with E-state index in [1.165, 1.54) is 24.1 Å². The number of nitrogens with zero attached hydrogens (tertiary/aromatic N) is 1. The van der Waals surface area contributed by atoms with Crippen LogP contribution in [-0.4, -0.2) is 35.1 Å². The van der Waals surface area contributed by atoms with E-state index in [9.17, 15) is 14.3 Å². The number of benzene rings is 2. The van der Waals surface area contributed by atoms with E-state index >= 15 is 0 Å². The van der Waals surface area contributed by atoms with Gasteiger partial charge in [-0.25, -0.2) is 4.39 Å². The fraction of sp³-hybridized carbons (Fsp3) is 0.348. The Labute approximate surface area is 168 Å². The SMILES string of the molecule is O=C1Nc2ccc(F)cc2C1=C1OCc2cc(CN3CCCCC3CO)ccc21. The Balaban J connectivity index is 1.47. The van der Waals surface area contributed by atoms with Crippen LogP contribution in [0.2, 0.25) is 0 Å². The summed E-state index contributed by atoms with van der Waals surface area (Å²) >= 11 is 0. The molecule has 6 heteroatoms. The van der Waals surface area contributed by atoms with Crippen LogP contribution in [0.5, 0.6) is 0 Å². The van der Waals surface area contributed by atoms with E-state index in [1.807, 2.05) is 6.07 Å². The number of likely N-dealkylation sites (tertiary alicyclic amines) is 1. The lowest BCUT2D eigenvalue weighted by molar-refractivity contribution is -0.110. The minimum atomic E-state index is -0.383. The van der Waals surface area contributed by atoms with Crippen LogP contribution < -0.4 is 5.32 Å². The van der Waals surface area contributed by atoms with E-state index in [0.717, 1.165) is 37.1 Å². The molecule has 29 heavy (non-hydrogen) atoms. The van der Waals surface area contributed by atoms with Gasteiger partial charge in [-0.05, 0) is 43.1 Å². The van der Waals surface area contributed by atoms with Crippen molar-refractivity contribution in [2.75, 3.05) is 18.5 Å². The first-order chi connectivity index (χ1) is 14.1. The topological polar surface area (TPSA) is 61.8 Å². The summed E-state index contributed by atoms with van der Waals surface area (Å²) in [5.41, 5.74) is 4.62. The van der Waals surface area contributed by atoms with Gasteiger partial charge in [0, 0.05) is 35.0 Å². The third-order valence-corrected chi connectivity index (χ3v) is 6.09. The van der Waals surface area contributed by atoms with E-state index < -0.39 is 0 Å². The molecule has 150 valence electrons. The van der Waals surface area contributed by atoms with Gasteiger partial charge in [-0.2, -0.15) is 0 Å². The van der Waals surface area contributed by atoms with Gasteiger partial charge in [0.25, 0.3) is 5.91 Å². The molecule has 0 aromatic heterocycles. The van der Waals surface area contributed by atoms with Crippen LogP contribution in [-0.2, 0) is 22.7 Å². The molecular weight excluding hydrogens is 371 g/mol. The molecule has 1 fully saturated rings. The molecule has 0 saturated carbocycles. The van der Waals surface area contributed by atoms with Crippen molar-refractivity contribution in [1.29, 1.82) is 0 Å². The summed E-state index contributed by atoms with van der Waals surface area (Å²) in [6.45, 7) is 2.37. The van der Waals surface area contributed by atoms with Crippen molar-refractivity contribution in [3.8, 4) is 0 Å². The summed E-state index contributed by atoms with van der Waals surface area (Å²) < 4.78 is 19.7. The van der Waals surface area contributed by atoms with Gasteiger partial charge < -0.3 is 15.2 Å². The van der Waals surface area contributed by atoms with Crippen LogP contribution in [0.25, 0.3) is 11.3 Å². The molecule has 2 N–H and O–H groups in total. The minimum absolute atomic E-state index is 0.190. The number of carbonyl (C=O) groups is 1. The summed E-state index contributed by atoms with van der Waals surface area (Å²) in [6, 6.07) is 10.7. The van der Waals surface area contributed by atoms with E-state index in [1.54, 1.807) is 6.07 Å². The Morgan fingerprint density at radius 3 is 2.93 bits per heavy atom. The van der Waals surface area contributed by atoms with Gasteiger partial charge in [-0.3, -0.25) is 9.69 Å². The molecule has 1 amide bonds. The van der Waals surface area contributed by atoms with Crippen LogP contribution >= 0.6 is 0 Å². The second-order valence-corrected chi connectivity index (χ2v) is 7.93. The van der Waals surface area contributed by atoms with Crippen LogP contribution in [0.4, 0.5) is 10.1 Å². The van der Waals surface area contributed by atoms with Crippen molar-refractivity contribution in [2.24, 2.45) is 0 Å². The highest BCUT2D eigenvalue weighted by Crippen LogP contribution is 2.42. The first-order valence-electron chi connectivity index (χ1n) is 10.1. The third-order valence-electron chi connectivity index (χ3n) is 6.09. The second kappa shape index (κ2) is 7.28. The molecule has 1 unspecified atom stereocenters. The maximum absolute atomic E-state index is 13.8. The van der Waals surface area contributed by atoms with Crippen molar-refractivity contribution in [3.05, 3.63) is 64.5 Å². The summed E-state index contributed by atoms with van der Waals surface area (Å²) in [7, 11) is 0. The summed E-state index contributed by atoms with van der Waals surface area (Å²) in [6.07, 6.45) is 3.36. The van der Waals surface area contributed by atoms with E-state index in [2.05, 4.69) is 22.3 Å². The Morgan fingerprint density at radius 2 is 2.07 bits per heavy atom. The minimum Gasteiger partial charge on any atom is -0.487 e. The predicted octanol–water partition coefficient (Wildman–Crippen LogP) is 3.52. The third kappa shape index (κ3) is 3.22. The average molecular weight is 394 g/mol. The first kappa shape index (κ1) is 18.3. The van der Waals surface area contributed by atoms with Gasteiger partial charge >= 0.3 is 0 Å². The number of nitrogens with one attached hydrogen (secondary N) is 1. The molecule has 0 radical (unpaired) electrons. The molecule has 3 aliphatic heterocycles. The highest BCUT2D eigenvalue weighted by Gasteiger charge is 2.33. The lowest BCUT2D eigenvalue weighted by atomic mass is 9.98. The lowest BCUT2D eigenvalue weighted by Gasteiger charge is -2.34.